The molecule has 0 aliphatic carbocycles. The summed E-state index contributed by atoms with van der Waals surface area (Å²) in [5, 5.41) is 18.8. The molecule has 0 aromatic heterocycles. The summed E-state index contributed by atoms with van der Waals surface area (Å²) in [6.45, 7) is 5.86. The lowest BCUT2D eigenvalue weighted by atomic mass is 9.94. The Bertz CT molecular complexity index is 93.6. The topological polar surface area (TPSA) is 40.5 Å². The SMILES string of the molecule is CCC[C@H](O)[C@H](C)[C@H](O)CC. The Morgan fingerprint density at radius 3 is 2.00 bits per heavy atom. The van der Waals surface area contributed by atoms with E-state index in [1.807, 2.05) is 20.8 Å². The number of hydrogen-bond acceptors (Lipinski definition) is 2. The van der Waals surface area contributed by atoms with Gasteiger partial charge < -0.3 is 10.2 Å². The zero-order chi connectivity index (χ0) is 8.85. The highest BCUT2D eigenvalue weighted by atomic mass is 16.3. The molecule has 2 nitrogen and oxygen atoms in total. The van der Waals surface area contributed by atoms with E-state index in [0.717, 1.165) is 19.3 Å². The van der Waals surface area contributed by atoms with E-state index in [0.29, 0.717) is 0 Å². The largest absolute Gasteiger partial charge is 0.393 e. The fourth-order valence-corrected chi connectivity index (χ4v) is 1.19. The van der Waals surface area contributed by atoms with Crippen LogP contribution in [0, 0.1) is 5.92 Å². The van der Waals surface area contributed by atoms with Crippen LogP contribution in [0.15, 0.2) is 0 Å². The minimum Gasteiger partial charge on any atom is -0.393 e. The van der Waals surface area contributed by atoms with Gasteiger partial charge in [0.05, 0.1) is 12.2 Å². The van der Waals surface area contributed by atoms with E-state index in [4.69, 9.17) is 0 Å². The highest BCUT2D eigenvalue weighted by Gasteiger charge is 2.19. The third kappa shape index (κ3) is 3.73. The summed E-state index contributed by atoms with van der Waals surface area (Å²) in [5.74, 6) is 0.0138. The van der Waals surface area contributed by atoms with Gasteiger partial charge in [0.2, 0.25) is 0 Å². The van der Waals surface area contributed by atoms with Gasteiger partial charge in [0, 0.05) is 5.92 Å². The van der Waals surface area contributed by atoms with Crippen LogP contribution in [0.4, 0.5) is 0 Å². The van der Waals surface area contributed by atoms with E-state index in [1.54, 1.807) is 0 Å². The maximum Gasteiger partial charge on any atom is 0.0590 e. The molecule has 0 heterocycles. The first-order chi connectivity index (χ1) is 5.13. The van der Waals surface area contributed by atoms with Crippen LogP contribution >= 0.6 is 0 Å². The minimum absolute atomic E-state index is 0.0138. The molecule has 0 saturated carbocycles. The van der Waals surface area contributed by atoms with E-state index in [1.165, 1.54) is 0 Å². The summed E-state index contributed by atoms with van der Waals surface area (Å²) < 4.78 is 0. The van der Waals surface area contributed by atoms with Gasteiger partial charge in [-0.1, -0.05) is 27.2 Å². The van der Waals surface area contributed by atoms with Gasteiger partial charge in [-0.25, -0.2) is 0 Å². The first kappa shape index (κ1) is 10.9. The van der Waals surface area contributed by atoms with Crippen molar-refractivity contribution >= 4 is 0 Å². The predicted molar refractivity (Wildman–Crippen MR) is 46.4 cm³/mol. The average molecular weight is 160 g/mol. The molecular weight excluding hydrogens is 140 g/mol. The normalized spacial score (nSPS) is 19.4. The second-order valence-electron chi connectivity index (χ2n) is 3.19. The van der Waals surface area contributed by atoms with E-state index >= 15 is 0 Å². The van der Waals surface area contributed by atoms with Crippen molar-refractivity contribution in [3.63, 3.8) is 0 Å². The standard InChI is InChI=1S/C9H20O2/c1-4-6-9(11)7(3)8(10)5-2/h7-11H,4-6H2,1-3H3/t7-,8-,9+/m1/s1. The summed E-state index contributed by atoms with van der Waals surface area (Å²) in [5.41, 5.74) is 0. The molecule has 0 fully saturated rings. The van der Waals surface area contributed by atoms with Crippen molar-refractivity contribution in [1.29, 1.82) is 0 Å². The summed E-state index contributed by atoms with van der Waals surface area (Å²) in [6, 6.07) is 0. The summed E-state index contributed by atoms with van der Waals surface area (Å²) in [7, 11) is 0. The molecule has 0 rings (SSSR count). The van der Waals surface area contributed by atoms with Gasteiger partial charge in [-0.2, -0.15) is 0 Å². The molecule has 0 amide bonds. The Kier molecular flexibility index (Phi) is 5.51. The van der Waals surface area contributed by atoms with E-state index < -0.39 is 0 Å². The Labute approximate surface area is 69.2 Å². The molecule has 0 aliphatic heterocycles. The minimum atomic E-state index is -0.350. The van der Waals surface area contributed by atoms with Crippen LogP contribution in [-0.4, -0.2) is 22.4 Å². The molecule has 0 aliphatic rings. The third-order valence-corrected chi connectivity index (χ3v) is 2.22. The lowest BCUT2D eigenvalue weighted by Gasteiger charge is -2.22. The maximum absolute atomic E-state index is 9.46. The van der Waals surface area contributed by atoms with Crippen LogP contribution in [0.1, 0.15) is 40.0 Å². The molecular formula is C9H20O2. The molecule has 0 saturated heterocycles. The zero-order valence-electron chi connectivity index (χ0n) is 7.75. The van der Waals surface area contributed by atoms with Gasteiger partial charge in [-0.05, 0) is 12.8 Å². The monoisotopic (exact) mass is 160 g/mol. The van der Waals surface area contributed by atoms with Gasteiger partial charge >= 0.3 is 0 Å². The Morgan fingerprint density at radius 1 is 1.09 bits per heavy atom. The molecule has 68 valence electrons. The van der Waals surface area contributed by atoms with Crippen LogP contribution < -0.4 is 0 Å². The number of rotatable bonds is 5. The molecule has 0 bridgehead atoms. The van der Waals surface area contributed by atoms with Crippen LogP contribution in [0.3, 0.4) is 0 Å². The first-order valence-corrected chi connectivity index (χ1v) is 4.49. The third-order valence-electron chi connectivity index (χ3n) is 2.22. The van der Waals surface area contributed by atoms with Crippen LogP contribution in [-0.2, 0) is 0 Å². The lowest BCUT2D eigenvalue weighted by Crippen LogP contribution is -2.28. The molecule has 11 heavy (non-hydrogen) atoms. The molecule has 3 atom stereocenters. The highest BCUT2D eigenvalue weighted by molar-refractivity contribution is 4.70. The van der Waals surface area contributed by atoms with E-state index in [2.05, 4.69) is 0 Å². The van der Waals surface area contributed by atoms with Crippen molar-refractivity contribution in [1.82, 2.24) is 0 Å². The number of hydrogen-bond donors (Lipinski definition) is 2. The molecule has 2 heteroatoms. The predicted octanol–water partition coefficient (Wildman–Crippen LogP) is 1.55. The van der Waals surface area contributed by atoms with Crippen molar-refractivity contribution in [2.24, 2.45) is 5.92 Å². The average Bonchev–Trinajstić information content (AvgIpc) is 2.02. The van der Waals surface area contributed by atoms with Gasteiger partial charge in [-0.15, -0.1) is 0 Å². The molecule has 0 aromatic rings. The lowest BCUT2D eigenvalue weighted by molar-refractivity contribution is 0.0159. The Morgan fingerprint density at radius 2 is 1.64 bits per heavy atom. The van der Waals surface area contributed by atoms with Crippen LogP contribution in [0.25, 0.3) is 0 Å². The van der Waals surface area contributed by atoms with Crippen molar-refractivity contribution in [2.45, 2.75) is 52.2 Å². The van der Waals surface area contributed by atoms with Crippen molar-refractivity contribution < 1.29 is 10.2 Å². The summed E-state index contributed by atoms with van der Waals surface area (Å²) >= 11 is 0. The fourth-order valence-electron chi connectivity index (χ4n) is 1.19. The number of aliphatic hydroxyl groups excluding tert-OH is 2. The molecule has 2 N–H and O–H groups in total. The van der Waals surface area contributed by atoms with Crippen molar-refractivity contribution in [2.75, 3.05) is 0 Å². The summed E-state index contributed by atoms with van der Waals surface area (Å²) in [6.07, 6.45) is 1.80. The quantitative estimate of drug-likeness (QED) is 0.640. The van der Waals surface area contributed by atoms with Crippen molar-refractivity contribution in [3.8, 4) is 0 Å². The number of aliphatic hydroxyl groups is 2. The molecule has 0 spiro atoms. The summed E-state index contributed by atoms with van der Waals surface area (Å²) in [4.78, 5) is 0. The van der Waals surface area contributed by atoms with E-state index in [9.17, 15) is 10.2 Å². The van der Waals surface area contributed by atoms with E-state index in [-0.39, 0.29) is 18.1 Å². The van der Waals surface area contributed by atoms with Crippen molar-refractivity contribution in [3.05, 3.63) is 0 Å². The van der Waals surface area contributed by atoms with Crippen LogP contribution in [0.5, 0.6) is 0 Å². The second kappa shape index (κ2) is 5.56. The smallest absolute Gasteiger partial charge is 0.0590 e. The fraction of sp³-hybridized carbons (Fsp3) is 1.00. The second-order valence-corrected chi connectivity index (χ2v) is 3.19. The maximum atomic E-state index is 9.46. The van der Waals surface area contributed by atoms with Gasteiger partial charge in [0.15, 0.2) is 0 Å². The zero-order valence-corrected chi connectivity index (χ0v) is 7.75. The molecule has 0 aromatic carbocycles. The van der Waals surface area contributed by atoms with Crippen LogP contribution in [0.2, 0.25) is 0 Å². The Hall–Kier alpha value is -0.0800. The highest BCUT2D eigenvalue weighted by Crippen LogP contribution is 2.15. The van der Waals surface area contributed by atoms with Gasteiger partial charge in [0.25, 0.3) is 0 Å². The molecule has 0 radical (unpaired) electrons. The first-order valence-electron chi connectivity index (χ1n) is 4.49. The van der Waals surface area contributed by atoms with Gasteiger partial charge in [0.1, 0.15) is 0 Å². The van der Waals surface area contributed by atoms with Gasteiger partial charge in [-0.3, -0.25) is 0 Å². The Balaban J connectivity index is 3.70. The molecule has 0 unspecified atom stereocenters.